The molecule has 6 nitrogen and oxygen atoms in total. The van der Waals surface area contributed by atoms with E-state index in [2.05, 4.69) is 17.0 Å². The Hall–Kier alpha value is -3.82. The van der Waals surface area contributed by atoms with Gasteiger partial charge in [0.05, 0.1) is 16.6 Å². The van der Waals surface area contributed by atoms with Crippen LogP contribution in [0.3, 0.4) is 0 Å². The average molecular weight is 605 g/mol. The Morgan fingerprint density at radius 1 is 1.14 bits per heavy atom. The lowest BCUT2D eigenvalue weighted by Crippen LogP contribution is -2.77. The number of aromatic hydroxyl groups is 1. The SMILES string of the molecule is CN(C(=O)C=Cc1cccc(C(F)(F)F)c1)[C@H]1C[C@@H]2Oc3c(O)ccc4c3[C@@]23CCN(CCc2ccccc2)[C@H](C4)[C@]3(O)C1. The summed E-state index contributed by atoms with van der Waals surface area (Å²) in [7, 11) is 1.67. The number of amides is 1. The third-order valence-corrected chi connectivity index (χ3v) is 10.5. The molecule has 0 radical (unpaired) electrons. The molecule has 9 heteroatoms. The van der Waals surface area contributed by atoms with Crippen molar-refractivity contribution < 1.29 is 32.9 Å². The van der Waals surface area contributed by atoms with Gasteiger partial charge < -0.3 is 19.8 Å². The number of alkyl halides is 3. The van der Waals surface area contributed by atoms with Crippen LogP contribution in [-0.4, -0.2) is 69.8 Å². The van der Waals surface area contributed by atoms with Crippen LogP contribution < -0.4 is 4.74 Å². The largest absolute Gasteiger partial charge is 0.504 e. The second-order valence-electron chi connectivity index (χ2n) is 12.7. The van der Waals surface area contributed by atoms with Crippen LogP contribution in [0.4, 0.5) is 13.2 Å². The number of nitrogens with zero attached hydrogens (tertiary/aromatic N) is 2. The number of hydrogen-bond donors (Lipinski definition) is 2. The number of likely N-dealkylation sites (tertiary alicyclic amines) is 1. The highest BCUT2D eigenvalue weighted by molar-refractivity contribution is 5.92. The van der Waals surface area contributed by atoms with Crippen LogP contribution in [0.5, 0.6) is 11.5 Å². The first-order valence-electron chi connectivity index (χ1n) is 15.2. The highest BCUT2D eigenvalue weighted by Crippen LogP contribution is 2.65. The first-order valence-corrected chi connectivity index (χ1v) is 15.2. The van der Waals surface area contributed by atoms with E-state index in [4.69, 9.17) is 4.74 Å². The second-order valence-corrected chi connectivity index (χ2v) is 12.7. The van der Waals surface area contributed by atoms with Crippen LogP contribution in [0.1, 0.15) is 47.1 Å². The van der Waals surface area contributed by atoms with Crippen LogP contribution >= 0.6 is 0 Å². The molecule has 2 fully saturated rings. The van der Waals surface area contributed by atoms with Gasteiger partial charge in [-0.15, -0.1) is 0 Å². The van der Waals surface area contributed by atoms with Gasteiger partial charge in [-0.25, -0.2) is 0 Å². The first-order chi connectivity index (χ1) is 21.0. The lowest BCUT2D eigenvalue weighted by Gasteiger charge is -2.64. The van der Waals surface area contributed by atoms with E-state index in [1.807, 2.05) is 24.3 Å². The molecule has 3 aromatic rings. The summed E-state index contributed by atoms with van der Waals surface area (Å²) in [6.07, 6.45) is 0.671. The molecule has 7 rings (SSSR count). The molecule has 2 aliphatic carbocycles. The van der Waals surface area contributed by atoms with Crippen molar-refractivity contribution in [2.24, 2.45) is 0 Å². The summed E-state index contributed by atoms with van der Waals surface area (Å²) >= 11 is 0. The molecule has 3 aromatic carbocycles. The molecular formula is C35H35F3N2O4. The van der Waals surface area contributed by atoms with E-state index in [0.29, 0.717) is 31.4 Å². The predicted octanol–water partition coefficient (Wildman–Crippen LogP) is 5.35. The van der Waals surface area contributed by atoms with Gasteiger partial charge in [-0.2, -0.15) is 13.2 Å². The summed E-state index contributed by atoms with van der Waals surface area (Å²) in [6.45, 7) is 1.56. The minimum absolute atomic E-state index is 0.0600. The smallest absolute Gasteiger partial charge is 0.416 e. The zero-order valence-electron chi connectivity index (χ0n) is 24.4. The Bertz CT molecular complexity index is 1630. The van der Waals surface area contributed by atoms with Crippen LogP contribution in [0.15, 0.2) is 72.8 Å². The number of phenolic OH excluding ortho intramolecular Hbond substituents is 1. The van der Waals surface area contributed by atoms with Crippen LogP contribution in [0.25, 0.3) is 6.08 Å². The molecule has 1 spiro atoms. The minimum Gasteiger partial charge on any atom is -0.504 e. The summed E-state index contributed by atoms with van der Waals surface area (Å²) in [5.41, 5.74) is 0.812. The van der Waals surface area contributed by atoms with Gasteiger partial charge in [0.1, 0.15) is 6.10 Å². The number of ether oxygens (including phenoxy) is 1. The second kappa shape index (κ2) is 10.4. The number of piperidine rings is 1. The zero-order chi connectivity index (χ0) is 30.9. The van der Waals surface area contributed by atoms with Gasteiger partial charge in [0.2, 0.25) is 5.91 Å². The standard InChI is InChI=1S/C35H35F3N2O4/c1-39(30(42)13-10-23-8-5-9-25(18-23)35(36,37)38)26-20-29-33-15-17-40(16-14-22-6-3-2-4-7-22)28(34(33,43)21-26)19-24-11-12-27(41)32(44-29)31(24)33/h2-13,18,26,28-29,41,43H,14-17,19-21H2,1H3/t26-,28+,29-,33+,34+/m0/s1. The van der Waals surface area contributed by atoms with Gasteiger partial charge in [-0.05, 0) is 73.2 Å². The molecule has 1 saturated carbocycles. The maximum Gasteiger partial charge on any atom is 0.416 e. The lowest BCUT2D eigenvalue weighted by atomic mass is 9.48. The molecule has 5 atom stereocenters. The molecule has 230 valence electrons. The average Bonchev–Trinajstić information content (AvgIpc) is 3.35. The van der Waals surface area contributed by atoms with Crippen molar-refractivity contribution in [1.29, 1.82) is 0 Å². The quantitative estimate of drug-likeness (QED) is 0.372. The molecular weight excluding hydrogens is 569 g/mol. The molecule has 0 unspecified atom stereocenters. The van der Waals surface area contributed by atoms with Crippen molar-refractivity contribution >= 4 is 12.0 Å². The van der Waals surface area contributed by atoms with Gasteiger partial charge in [0.15, 0.2) is 11.5 Å². The minimum atomic E-state index is -4.47. The number of phenols is 1. The number of likely N-dealkylation sites (N-methyl/N-ethyl adjacent to an activating group) is 1. The highest BCUT2D eigenvalue weighted by atomic mass is 19.4. The number of rotatable bonds is 6. The lowest BCUT2D eigenvalue weighted by molar-refractivity contribution is -0.197. The third-order valence-electron chi connectivity index (χ3n) is 10.5. The first kappa shape index (κ1) is 28.9. The summed E-state index contributed by atoms with van der Waals surface area (Å²) in [6, 6.07) is 18.1. The summed E-state index contributed by atoms with van der Waals surface area (Å²) < 4.78 is 46.0. The van der Waals surface area contributed by atoms with Crippen molar-refractivity contribution in [1.82, 2.24) is 9.80 Å². The zero-order valence-corrected chi connectivity index (χ0v) is 24.4. The summed E-state index contributed by atoms with van der Waals surface area (Å²) in [4.78, 5) is 17.3. The molecule has 2 N–H and O–H groups in total. The normalized spacial score (nSPS) is 28.9. The Morgan fingerprint density at radius 2 is 1.93 bits per heavy atom. The fourth-order valence-corrected chi connectivity index (χ4v) is 8.39. The topological polar surface area (TPSA) is 73.2 Å². The summed E-state index contributed by atoms with van der Waals surface area (Å²) in [5, 5.41) is 23.7. The number of benzene rings is 3. The fraction of sp³-hybridized carbons (Fsp3) is 0.400. The van der Waals surface area contributed by atoms with E-state index in [-0.39, 0.29) is 29.3 Å². The van der Waals surface area contributed by atoms with E-state index >= 15 is 0 Å². The number of aliphatic hydroxyl groups is 1. The Labute approximate surface area is 254 Å². The fourth-order valence-electron chi connectivity index (χ4n) is 8.39. The van der Waals surface area contributed by atoms with Crippen molar-refractivity contribution in [3.63, 3.8) is 0 Å². The molecule has 2 bridgehead atoms. The van der Waals surface area contributed by atoms with Crippen molar-refractivity contribution in [2.75, 3.05) is 20.1 Å². The van der Waals surface area contributed by atoms with E-state index in [0.717, 1.165) is 42.8 Å². The van der Waals surface area contributed by atoms with Crippen molar-refractivity contribution in [3.05, 3.63) is 101 Å². The molecule has 2 aliphatic heterocycles. The van der Waals surface area contributed by atoms with Crippen molar-refractivity contribution in [2.45, 2.75) is 67.5 Å². The van der Waals surface area contributed by atoms with Crippen LogP contribution in [0, 0.1) is 0 Å². The summed E-state index contributed by atoms with van der Waals surface area (Å²) in [5.74, 6) is 0.138. The Morgan fingerprint density at radius 3 is 2.70 bits per heavy atom. The van der Waals surface area contributed by atoms with E-state index in [1.165, 1.54) is 29.8 Å². The van der Waals surface area contributed by atoms with E-state index in [1.54, 1.807) is 18.0 Å². The van der Waals surface area contributed by atoms with Crippen LogP contribution in [-0.2, 0) is 29.2 Å². The molecule has 44 heavy (non-hydrogen) atoms. The number of carbonyl (C=O) groups is 1. The maximum atomic E-state index is 13.4. The van der Waals surface area contributed by atoms with Gasteiger partial charge >= 0.3 is 6.18 Å². The van der Waals surface area contributed by atoms with E-state index < -0.39 is 28.9 Å². The van der Waals surface area contributed by atoms with Gasteiger partial charge in [-0.3, -0.25) is 9.69 Å². The van der Waals surface area contributed by atoms with Gasteiger partial charge in [-0.1, -0.05) is 48.5 Å². The maximum absolute atomic E-state index is 13.4. The van der Waals surface area contributed by atoms with E-state index in [9.17, 15) is 28.2 Å². The molecule has 1 amide bonds. The Balaban J connectivity index is 1.18. The molecule has 0 aromatic heterocycles. The van der Waals surface area contributed by atoms with Crippen LogP contribution in [0.2, 0.25) is 0 Å². The highest BCUT2D eigenvalue weighted by Gasteiger charge is 2.72. The van der Waals surface area contributed by atoms with Crippen molar-refractivity contribution in [3.8, 4) is 11.5 Å². The molecule has 2 heterocycles. The predicted molar refractivity (Wildman–Crippen MR) is 159 cm³/mol. The number of halogens is 3. The van der Waals surface area contributed by atoms with Gasteiger partial charge in [0.25, 0.3) is 0 Å². The molecule has 1 saturated heterocycles. The number of hydrogen-bond acceptors (Lipinski definition) is 5. The Kier molecular flexibility index (Phi) is 6.82. The number of carbonyl (C=O) groups excluding carboxylic acids is 1. The third kappa shape index (κ3) is 4.43. The van der Waals surface area contributed by atoms with Gasteiger partial charge in [0, 0.05) is 43.7 Å². The molecule has 4 aliphatic rings. The monoisotopic (exact) mass is 604 g/mol.